The van der Waals surface area contributed by atoms with Gasteiger partial charge in [-0.25, -0.2) is 5.01 Å². The van der Waals surface area contributed by atoms with Gasteiger partial charge in [0, 0.05) is 24.0 Å². The van der Waals surface area contributed by atoms with Gasteiger partial charge in [0.2, 0.25) is 11.8 Å². The van der Waals surface area contributed by atoms with Gasteiger partial charge in [0.25, 0.3) is 5.91 Å². The molecule has 1 fully saturated rings. The molecule has 0 unspecified atom stereocenters. The molecule has 1 saturated heterocycles. The van der Waals surface area contributed by atoms with Gasteiger partial charge in [-0.15, -0.1) is 0 Å². The van der Waals surface area contributed by atoms with Crippen molar-refractivity contribution in [1.82, 2.24) is 10.0 Å². The fourth-order valence-electron chi connectivity index (χ4n) is 2.70. The van der Waals surface area contributed by atoms with Crippen molar-refractivity contribution in [2.45, 2.75) is 25.8 Å². The predicted molar refractivity (Wildman–Crippen MR) is 76.0 cm³/mol. The Kier molecular flexibility index (Phi) is 3.65. The lowest BCUT2D eigenvalue weighted by atomic mass is 10.1. The van der Waals surface area contributed by atoms with Crippen LogP contribution in [0.1, 0.15) is 40.7 Å². The summed E-state index contributed by atoms with van der Waals surface area (Å²) >= 11 is 0. The first-order valence-corrected chi connectivity index (χ1v) is 7.02. The van der Waals surface area contributed by atoms with Gasteiger partial charge in [-0.05, 0) is 30.2 Å². The Morgan fingerprint density at radius 2 is 1.86 bits per heavy atom. The van der Waals surface area contributed by atoms with Crippen LogP contribution >= 0.6 is 0 Å². The molecular formula is C16H14N2O4. The molecule has 22 heavy (non-hydrogen) atoms. The highest BCUT2D eigenvalue weighted by atomic mass is 16.2. The molecule has 0 bridgehead atoms. The van der Waals surface area contributed by atoms with E-state index in [1.54, 1.807) is 18.2 Å². The highest BCUT2D eigenvalue weighted by Gasteiger charge is 2.39. The van der Waals surface area contributed by atoms with E-state index in [1.165, 1.54) is 5.01 Å². The number of aliphatic hydroxyl groups is 1. The van der Waals surface area contributed by atoms with Crippen LogP contribution in [-0.2, 0) is 16.1 Å². The zero-order valence-corrected chi connectivity index (χ0v) is 11.8. The largest absolute Gasteiger partial charge is 0.384 e. The van der Waals surface area contributed by atoms with E-state index >= 15 is 0 Å². The van der Waals surface area contributed by atoms with Gasteiger partial charge in [0.15, 0.2) is 0 Å². The van der Waals surface area contributed by atoms with Gasteiger partial charge in [-0.1, -0.05) is 11.8 Å². The van der Waals surface area contributed by atoms with Crippen LogP contribution in [0, 0.1) is 11.8 Å². The predicted octanol–water partition coefficient (Wildman–Crippen LogP) is 0.440. The average Bonchev–Trinajstić information content (AvgIpc) is 2.82. The van der Waals surface area contributed by atoms with Crippen LogP contribution in [-0.4, -0.2) is 39.5 Å². The third kappa shape index (κ3) is 2.36. The highest BCUT2D eigenvalue weighted by molar-refractivity contribution is 6.04. The Labute approximate surface area is 127 Å². The summed E-state index contributed by atoms with van der Waals surface area (Å²) in [4.78, 5) is 36.3. The second-order valence-corrected chi connectivity index (χ2v) is 5.15. The van der Waals surface area contributed by atoms with E-state index in [0.717, 1.165) is 10.6 Å². The Morgan fingerprint density at radius 3 is 2.55 bits per heavy atom. The summed E-state index contributed by atoms with van der Waals surface area (Å²) in [5.74, 6) is 4.30. The molecule has 1 aromatic rings. The lowest BCUT2D eigenvalue weighted by Gasteiger charge is -2.32. The maximum Gasteiger partial charge on any atom is 0.273 e. The lowest BCUT2D eigenvalue weighted by molar-refractivity contribution is -0.163. The first-order chi connectivity index (χ1) is 10.6. The minimum absolute atomic E-state index is 0.181. The molecule has 0 spiro atoms. The molecule has 0 aromatic heterocycles. The van der Waals surface area contributed by atoms with Crippen molar-refractivity contribution in [2.75, 3.05) is 6.61 Å². The molecule has 1 N–H and O–H groups in total. The number of hydrogen-bond donors (Lipinski definition) is 1. The van der Waals surface area contributed by atoms with Gasteiger partial charge < -0.3 is 5.11 Å². The van der Waals surface area contributed by atoms with E-state index < -0.39 is 0 Å². The average molecular weight is 298 g/mol. The number of hydrogen-bond acceptors (Lipinski definition) is 4. The number of benzene rings is 1. The number of imide groups is 1. The molecule has 2 aliphatic heterocycles. The van der Waals surface area contributed by atoms with Crippen molar-refractivity contribution in [3.63, 3.8) is 0 Å². The van der Waals surface area contributed by atoms with Crippen molar-refractivity contribution in [3.8, 4) is 11.8 Å². The van der Waals surface area contributed by atoms with E-state index in [-0.39, 0.29) is 43.7 Å². The van der Waals surface area contributed by atoms with Crippen molar-refractivity contribution < 1.29 is 19.5 Å². The Bertz CT molecular complexity index is 713. The van der Waals surface area contributed by atoms with Gasteiger partial charge in [0.05, 0.1) is 6.54 Å². The van der Waals surface area contributed by atoms with Crippen molar-refractivity contribution >= 4 is 17.7 Å². The van der Waals surface area contributed by atoms with Gasteiger partial charge in [-0.2, -0.15) is 5.01 Å². The SMILES string of the molecule is O=C1c2ccc(C#CCO)cc2CN1N1C(=O)CCCC1=O. The molecule has 6 nitrogen and oxygen atoms in total. The summed E-state index contributed by atoms with van der Waals surface area (Å²) in [6.07, 6.45) is 1.09. The number of rotatable bonds is 1. The van der Waals surface area contributed by atoms with Crippen LogP contribution in [0.25, 0.3) is 0 Å². The molecule has 3 amide bonds. The summed E-state index contributed by atoms with van der Waals surface area (Å²) < 4.78 is 0. The second kappa shape index (κ2) is 5.62. The third-order valence-corrected chi connectivity index (χ3v) is 3.70. The molecule has 0 atom stereocenters. The molecule has 1 aromatic carbocycles. The smallest absolute Gasteiger partial charge is 0.273 e. The topological polar surface area (TPSA) is 77.9 Å². The Balaban J connectivity index is 1.90. The first kappa shape index (κ1) is 14.3. The number of carbonyl (C=O) groups excluding carboxylic acids is 3. The van der Waals surface area contributed by atoms with Crippen LogP contribution in [0.2, 0.25) is 0 Å². The highest BCUT2D eigenvalue weighted by Crippen LogP contribution is 2.27. The summed E-state index contributed by atoms with van der Waals surface area (Å²) in [6, 6.07) is 5.06. The van der Waals surface area contributed by atoms with E-state index in [2.05, 4.69) is 11.8 Å². The molecule has 0 saturated carbocycles. The third-order valence-electron chi connectivity index (χ3n) is 3.70. The number of aliphatic hydroxyl groups excluding tert-OH is 1. The zero-order valence-electron chi connectivity index (χ0n) is 11.8. The number of amides is 3. The van der Waals surface area contributed by atoms with E-state index in [9.17, 15) is 14.4 Å². The van der Waals surface area contributed by atoms with E-state index in [0.29, 0.717) is 17.5 Å². The fraction of sp³-hybridized carbons (Fsp3) is 0.312. The maximum absolute atomic E-state index is 12.4. The first-order valence-electron chi connectivity index (χ1n) is 7.02. The van der Waals surface area contributed by atoms with E-state index in [1.807, 2.05) is 0 Å². The maximum atomic E-state index is 12.4. The van der Waals surface area contributed by atoms with Gasteiger partial charge in [-0.3, -0.25) is 14.4 Å². The lowest BCUT2D eigenvalue weighted by Crippen LogP contribution is -2.51. The number of fused-ring (bicyclic) bond motifs is 1. The zero-order chi connectivity index (χ0) is 15.7. The van der Waals surface area contributed by atoms with Crippen molar-refractivity contribution in [2.24, 2.45) is 0 Å². The van der Waals surface area contributed by atoms with Crippen molar-refractivity contribution in [1.29, 1.82) is 0 Å². The normalized spacial score (nSPS) is 17.4. The Morgan fingerprint density at radius 1 is 1.14 bits per heavy atom. The summed E-state index contributed by atoms with van der Waals surface area (Å²) in [6.45, 7) is -0.0563. The monoisotopic (exact) mass is 298 g/mol. The molecular weight excluding hydrogens is 284 g/mol. The standard InChI is InChI=1S/C16H14N2O4/c19-8-2-3-11-6-7-13-12(9-11)10-17(16(13)22)18-14(20)4-1-5-15(18)21/h6-7,9,19H,1,4-5,8,10H2. The fourth-order valence-corrected chi connectivity index (χ4v) is 2.70. The van der Waals surface area contributed by atoms with Gasteiger partial charge >= 0.3 is 0 Å². The molecule has 112 valence electrons. The van der Waals surface area contributed by atoms with Crippen LogP contribution in [0.3, 0.4) is 0 Å². The van der Waals surface area contributed by atoms with Crippen LogP contribution in [0.5, 0.6) is 0 Å². The minimum Gasteiger partial charge on any atom is -0.384 e. The number of hydrazine groups is 1. The Hall–Kier alpha value is -2.65. The quantitative estimate of drug-likeness (QED) is 0.603. The van der Waals surface area contributed by atoms with Gasteiger partial charge in [0.1, 0.15) is 6.61 Å². The number of nitrogens with zero attached hydrogens (tertiary/aromatic N) is 2. The summed E-state index contributed by atoms with van der Waals surface area (Å²) in [7, 11) is 0. The van der Waals surface area contributed by atoms with Crippen LogP contribution < -0.4 is 0 Å². The van der Waals surface area contributed by atoms with Crippen LogP contribution in [0.4, 0.5) is 0 Å². The van der Waals surface area contributed by atoms with Crippen molar-refractivity contribution in [3.05, 3.63) is 34.9 Å². The molecule has 0 aliphatic carbocycles. The van der Waals surface area contributed by atoms with E-state index in [4.69, 9.17) is 5.11 Å². The second-order valence-electron chi connectivity index (χ2n) is 5.15. The molecule has 2 aliphatic rings. The summed E-state index contributed by atoms with van der Waals surface area (Å²) in [5, 5.41) is 10.9. The van der Waals surface area contributed by atoms with Crippen LogP contribution in [0.15, 0.2) is 18.2 Å². The number of piperidine rings is 1. The number of carbonyl (C=O) groups is 3. The summed E-state index contributed by atoms with van der Waals surface area (Å²) in [5.41, 5.74) is 1.88. The molecule has 0 radical (unpaired) electrons. The minimum atomic E-state index is -0.347. The molecule has 3 rings (SSSR count). The molecule has 6 heteroatoms. The molecule has 2 heterocycles.